The fourth-order valence-electron chi connectivity index (χ4n) is 3.07. The molecule has 1 atom stereocenters. The zero-order valence-electron chi connectivity index (χ0n) is 17.3. The van der Waals surface area contributed by atoms with Gasteiger partial charge in [0.25, 0.3) is 5.91 Å². The van der Waals surface area contributed by atoms with Gasteiger partial charge in [-0.15, -0.1) is 0 Å². The Bertz CT molecular complexity index is 964. The SMILES string of the molecule is CCOc1ccc(OCc2cccc(C(=O)NC(C)c3cnn(C)c3C)c2)cc1. The summed E-state index contributed by atoms with van der Waals surface area (Å²) < 4.78 is 13.1. The van der Waals surface area contributed by atoms with Crippen LogP contribution in [0.5, 0.6) is 11.5 Å². The van der Waals surface area contributed by atoms with E-state index >= 15 is 0 Å². The molecule has 3 rings (SSSR count). The second-order valence-electron chi connectivity index (χ2n) is 6.90. The Balaban J connectivity index is 1.61. The van der Waals surface area contributed by atoms with Crippen LogP contribution in [0, 0.1) is 6.92 Å². The van der Waals surface area contributed by atoms with E-state index in [9.17, 15) is 4.79 Å². The number of carbonyl (C=O) groups is 1. The number of aromatic nitrogens is 2. The van der Waals surface area contributed by atoms with Crippen LogP contribution in [-0.4, -0.2) is 22.3 Å². The highest BCUT2D eigenvalue weighted by molar-refractivity contribution is 5.94. The lowest BCUT2D eigenvalue weighted by atomic mass is 10.1. The Labute approximate surface area is 171 Å². The van der Waals surface area contributed by atoms with Gasteiger partial charge in [0.15, 0.2) is 0 Å². The number of amides is 1. The molecule has 0 bridgehead atoms. The minimum atomic E-state index is -0.125. The van der Waals surface area contributed by atoms with E-state index in [1.807, 2.05) is 70.3 Å². The van der Waals surface area contributed by atoms with E-state index in [2.05, 4.69) is 10.4 Å². The van der Waals surface area contributed by atoms with Crippen LogP contribution in [0.15, 0.2) is 54.7 Å². The normalized spacial score (nSPS) is 11.7. The van der Waals surface area contributed by atoms with Crippen molar-refractivity contribution >= 4 is 5.91 Å². The molecule has 152 valence electrons. The fourth-order valence-corrected chi connectivity index (χ4v) is 3.07. The quantitative estimate of drug-likeness (QED) is 0.623. The number of carbonyl (C=O) groups excluding carboxylic acids is 1. The van der Waals surface area contributed by atoms with Crippen LogP contribution in [0.25, 0.3) is 0 Å². The van der Waals surface area contributed by atoms with E-state index in [1.165, 1.54) is 0 Å². The molecule has 0 spiro atoms. The number of nitrogens with zero attached hydrogens (tertiary/aromatic N) is 2. The van der Waals surface area contributed by atoms with Gasteiger partial charge in [0.2, 0.25) is 0 Å². The molecule has 0 saturated heterocycles. The molecule has 0 fully saturated rings. The summed E-state index contributed by atoms with van der Waals surface area (Å²) in [6.45, 7) is 6.91. The number of ether oxygens (including phenoxy) is 2. The van der Waals surface area contributed by atoms with Crippen molar-refractivity contribution in [3.8, 4) is 11.5 Å². The van der Waals surface area contributed by atoms with Gasteiger partial charge in [-0.25, -0.2) is 0 Å². The third-order valence-electron chi connectivity index (χ3n) is 4.82. The molecule has 0 aliphatic rings. The molecule has 2 aromatic carbocycles. The van der Waals surface area contributed by atoms with E-state index in [0.29, 0.717) is 18.8 Å². The van der Waals surface area contributed by atoms with Gasteiger partial charge in [-0.3, -0.25) is 9.48 Å². The minimum absolute atomic E-state index is 0.122. The molecular formula is C23H27N3O3. The number of benzene rings is 2. The molecule has 0 radical (unpaired) electrons. The van der Waals surface area contributed by atoms with Crippen LogP contribution < -0.4 is 14.8 Å². The summed E-state index contributed by atoms with van der Waals surface area (Å²) in [5, 5.41) is 7.28. The zero-order chi connectivity index (χ0) is 20.8. The van der Waals surface area contributed by atoms with Gasteiger partial charge in [0.05, 0.1) is 18.8 Å². The third-order valence-corrected chi connectivity index (χ3v) is 4.82. The first kappa shape index (κ1) is 20.5. The van der Waals surface area contributed by atoms with Crippen molar-refractivity contribution < 1.29 is 14.3 Å². The topological polar surface area (TPSA) is 65.4 Å². The number of hydrogen-bond donors (Lipinski definition) is 1. The van der Waals surface area contributed by atoms with Crippen LogP contribution >= 0.6 is 0 Å². The van der Waals surface area contributed by atoms with Crippen molar-refractivity contribution in [2.45, 2.75) is 33.4 Å². The average Bonchev–Trinajstić information content (AvgIpc) is 3.06. The van der Waals surface area contributed by atoms with Gasteiger partial charge < -0.3 is 14.8 Å². The maximum Gasteiger partial charge on any atom is 0.251 e. The molecule has 0 aliphatic carbocycles. The Morgan fingerprint density at radius 2 is 1.83 bits per heavy atom. The number of nitrogens with one attached hydrogen (secondary N) is 1. The van der Waals surface area contributed by atoms with E-state index in [1.54, 1.807) is 16.9 Å². The summed E-state index contributed by atoms with van der Waals surface area (Å²) in [5.74, 6) is 1.45. The highest BCUT2D eigenvalue weighted by Gasteiger charge is 2.16. The summed E-state index contributed by atoms with van der Waals surface area (Å²) in [6, 6.07) is 14.9. The molecule has 3 aromatic rings. The highest BCUT2D eigenvalue weighted by atomic mass is 16.5. The highest BCUT2D eigenvalue weighted by Crippen LogP contribution is 2.20. The van der Waals surface area contributed by atoms with E-state index in [0.717, 1.165) is 28.3 Å². The number of hydrogen-bond acceptors (Lipinski definition) is 4. The molecule has 0 saturated carbocycles. The molecule has 1 N–H and O–H groups in total. The first-order valence-corrected chi connectivity index (χ1v) is 9.72. The summed E-state index contributed by atoms with van der Waals surface area (Å²) in [5.41, 5.74) is 3.58. The predicted octanol–water partition coefficient (Wildman–Crippen LogP) is 4.20. The predicted molar refractivity (Wildman–Crippen MR) is 112 cm³/mol. The van der Waals surface area contributed by atoms with Gasteiger partial charge in [0, 0.05) is 23.9 Å². The fraction of sp³-hybridized carbons (Fsp3) is 0.304. The van der Waals surface area contributed by atoms with Crippen molar-refractivity contribution in [3.63, 3.8) is 0 Å². The molecular weight excluding hydrogens is 366 g/mol. The summed E-state index contributed by atoms with van der Waals surface area (Å²) in [4.78, 5) is 12.7. The summed E-state index contributed by atoms with van der Waals surface area (Å²) in [7, 11) is 1.89. The number of rotatable bonds is 8. The number of aryl methyl sites for hydroxylation is 1. The molecule has 1 aromatic heterocycles. The lowest BCUT2D eigenvalue weighted by molar-refractivity contribution is 0.0939. The van der Waals surface area contributed by atoms with Crippen molar-refractivity contribution in [2.75, 3.05) is 6.61 Å². The summed E-state index contributed by atoms with van der Waals surface area (Å²) in [6.07, 6.45) is 1.79. The third kappa shape index (κ3) is 5.16. The second-order valence-corrected chi connectivity index (χ2v) is 6.90. The van der Waals surface area contributed by atoms with Crippen molar-refractivity contribution in [1.82, 2.24) is 15.1 Å². The maximum atomic E-state index is 12.7. The first-order chi connectivity index (χ1) is 14.0. The van der Waals surface area contributed by atoms with Gasteiger partial charge in [-0.05, 0) is 62.7 Å². The monoisotopic (exact) mass is 393 g/mol. The molecule has 6 heteroatoms. The van der Waals surface area contributed by atoms with Crippen LogP contribution in [-0.2, 0) is 13.7 Å². The maximum absolute atomic E-state index is 12.7. The smallest absolute Gasteiger partial charge is 0.251 e. The minimum Gasteiger partial charge on any atom is -0.494 e. The van der Waals surface area contributed by atoms with Crippen LogP contribution in [0.2, 0.25) is 0 Å². The lowest BCUT2D eigenvalue weighted by Gasteiger charge is -2.14. The van der Waals surface area contributed by atoms with Crippen LogP contribution in [0.3, 0.4) is 0 Å². The molecule has 29 heavy (non-hydrogen) atoms. The van der Waals surface area contributed by atoms with Crippen molar-refractivity contribution in [2.24, 2.45) is 7.05 Å². The van der Waals surface area contributed by atoms with Gasteiger partial charge in [-0.2, -0.15) is 5.10 Å². The standard InChI is InChI=1S/C23H27N3O3/c1-5-28-20-9-11-21(12-10-20)29-15-18-7-6-8-19(13-18)23(27)25-16(2)22-14-24-26(4)17(22)3/h6-14,16H,5,15H2,1-4H3,(H,25,27). The van der Waals surface area contributed by atoms with E-state index in [4.69, 9.17) is 9.47 Å². The Morgan fingerprint density at radius 1 is 1.14 bits per heavy atom. The van der Waals surface area contributed by atoms with Gasteiger partial charge in [0.1, 0.15) is 18.1 Å². The summed E-state index contributed by atoms with van der Waals surface area (Å²) >= 11 is 0. The average molecular weight is 393 g/mol. The molecule has 1 amide bonds. The van der Waals surface area contributed by atoms with Gasteiger partial charge in [-0.1, -0.05) is 12.1 Å². The Kier molecular flexibility index (Phi) is 6.54. The van der Waals surface area contributed by atoms with E-state index < -0.39 is 0 Å². The Morgan fingerprint density at radius 3 is 2.45 bits per heavy atom. The first-order valence-electron chi connectivity index (χ1n) is 9.72. The largest absolute Gasteiger partial charge is 0.494 e. The lowest BCUT2D eigenvalue weighted by Crippen LogP contribution is -2.27. The Hall–Kier alpha value is -3.28. The van der Waals surface area contributed by atoms with Crippen molar-refractivity contribution in [3.05, 3.63) is 77.1 Å². The second kappa shape index (κ2) is 9.28. The van der Waals surface area contributed by atoms with Crippen molar-refractivity contribution in [1.29, 1.82) is 0 Å². The molecule has 6 nitrogen and oxygen atoms in total. The van der Waals surface area contributed by atoms with Gasteiger partial charge >= 0.3 is 0 Å². The van der Waals surface area contributed by atoms with Crippen LogP contribution in [0.1, 0.15) is 47.1 Å². The molecule has 0 aliphatic heterocycles. The zero-order valence-corrected chi connectivity index (χ0v) is 17.3. The molecule has 1 heterocycles. The molecule has 1 unspecified atom stereocenters. The van der Waals surface area contributed by atoms with E-state index in [-0.39, 0.29) is 11.9 Å². The van der Waals surface area contributed by atoms with Crippen LogP contribution in [0.4, 0.5) is 0 Å².